The summed E-state index contributed by atoms with van der Waals surface area (Å²) in [5.74, 6) is -1.56. The van der Waals surface area contributed by atoms with Gasteiger partial charge in [0.1, 0.15) is 91.4 Å². The molecule has 0 spiro atoms. The molecule has 0 unspecified atom stereocenters. The quantitative estimate of drug-likeness (QED) is 0.0171. The van der Waals surface area contributed by atoms with E-state index in [1.165, 1.54) is 46.6 Å². The summed E-state index contributed by atoms with van der Waals surface area (Å²) in [5.41, 5.74) is 0. The highest BCUT2D eigenvalue weighted by molar-refractivity contribution is 6.75. The molecule has 23 nitrogen and oxygen atoms in total. The fraction of sp³-hybridized carbons (Fsp3) is 0.923. The van der Waals surface area contributed by atoms with E-state index in [2.05, 4.69) is 76.6 Å². The lowest BCUT2D eigenvalue weighted by Gasteiger charge is -2.52. The summed E-state index contributed by atoms with van der Waals surface area (Å²) in [6.07, 6.45) is -5.17. The summed E-state index contributed by atoms with van der Waals surface area (Å²) in [6.45, 7) is 36.0. The van der Waals surface area contributed by atoms with E-state index in [1.54, 1.807) is 6.92 Å². The van der Waals surface area contributed by atoms with Crippen molar-refractivity contribution in [1.29, 1.82) is 0 Å². The van der Waals surface area contributed by atoms with Crippen molar-refractivity contribution >= 4 is 42.7 Å². The third-order valence-electron chi connectivity index (χ3n) is 19.9. The number of unbranched alkanes of at least 4 members (excludes halogenated alkanes) is 11. The topological polar surface area (TPSA) is 310 Å². The molecule has 91 heavy (non-hydrogen) atoms. The van der Waals surface area contributed by atoms with Crippen molar-refractivity contribution in [2.24, 2.45) is 0 Å². The lowest BCUT2D eigenvalue weighted by atomic mass is 9.93. The Morgan fingerprint density at radius 3 is 1.36 bits per heavy atom. The molecule has 4 heterocycles. The Bertz CT molecular complexity index is 2220. The van der Waals surface area contributed by atoms with Crippen molar-refractivity contribution in [3.8, 4) is 0 Å². The zero-order chi connectivity index (χ0) is 68.6. The summed E-state index contributed by atoms with van der Waals surface area (Å²) >= 11 is 0. The molecule has 0 saturated carbocycles. The highest BCUT2D eigenvalue weighted by atomic mass is 28.4. The number of ether oxygens (including phenoxy) is 8. The number of allylic oxidation sites excluding steroid dienone is 2. The van der Waals surface area contributed by atoms with Crippen molar-refractivity contribution in [3.63, 3.8) is 0 Å². The van der Waals surface area contributed by atoms with Crippen LogP contribution < -0.4 is 16.0 Å². The Hall–Kier alpha value is -1.88. The Kier molecular flexibility index (Phi) is 32.3. The number of nitrogens with one attached hydrogen (secondary N) is 3. The van der Waals surface area contributed by atoms with Crippen molar-refractivity contribution in [2.75, 3.05) is 26.9 Å². The van der Waals surface area contributed by atoms with E-state index in [0.29, 0.717) is 6.42 Å². The van der Waals surface area contributed by atoms with Gasteiger partial charge in [-0.25, -0.2) is 0 Å². The van der Waals surface area contributed by atoms with Gasteiger partial charge in [-0.15, -0.1) is 0 Å². The maximum absolute atomic E-state index is 14.0. The number of amides is 3. The number of hydrogen-bond donors (Lipinski definition) is 9. The number of aliphatic hydroxyl groups is 6. The first-order valence-electron chi connectivity index (χ1n) is 33.8. The molecule has 0 aromatic rings. The third kappa shape index (κ3) is 23.7. The van der Waals surface area contributed by atoms with Gasteiger partial charge in [0, 0.05) is 27.4 Å². The van der Waals surface area contributed by atoms with Crippen LogP contribution in [0.25, 0.3) is 0 Å². The first-order chi connectivity index (χ1) is 42.2. The summed E-state index contributed by atoms with van der Waals surface area (Å²) in [6, 6.07) is -4.17. The average molecular weight is 1350 g/mol. The van der Waals surface area contributed by atoms with Crippen LogP contribution in [0.5, 0.6) is 0 Å². The van der Waals surface area contributed by atoms with E-state index in [4.69, 9.17) is 51.2 Å². The smallest absolute Gasteiger partial charge is 0.220 e. The predicted molar refractivity (Wildman–Crippen MR) is 354 cm³/mol. The zero-order valence-electron chi connectivity index (χ0n) is 59.1. The van der Waals surface area contributed by atoms with Crippen LogP contribution in [0, 0.1) is 0 Å². The molecule has 4 fully saturated rings. The Morgan fingerprint density at radius 2 is 0.890 bits per heavy atom. The molecule has 26 heteroatoms. The van der Waals surface area contributed by atoms with Gasteiger partial charge in [-0.3, -0.25) is 14.4 Å². The van der Waals surface area contributed by atoms with Gasteiger partial charge in [-0.05, 0) is 93.4 Å². The molecule has 0 aromatic carbocycles. The van der Waals surface area contributed by atoms with Crippen LogP contribution >= 0.6 is 0 Å². The van der Waals surface area contributed by atoms with Gasteiger partial charge >= 0.3 is 0 Å². The van der Waals surface area contributed by atoms with Crippen molar-refractivity contribution in [3.05, 3.63) is 12.2 Å². The molecule has 20 atom stereocenters. The second-order valence-electron chi connectivity index (χ2n) is 30.4. The number of aliphatic hydroxyl groups excluding tert-OH is 6. The lowest BCUT2D eigenvalue weighted by molar-refractivity contribution is -0.355. The maximum atomic E-state index is 14.0. The second-order valence-corrected chi connectivity index (χ2v) is 44.8. The van der Waals surface area contributed by atoms with Crippen molar-refractivity contribution in [2.45, 2.75) is 357 Å². The zero-order valence-corrected chi connectivity index (χ0v) is 62.1. The molecule has 532 valence electrons. The van der Waals surface area contributed by atoms with Crippen molar-refractivity contribution < 1.29 is 96.2 Å². The van der Waals surface area contributed by atoms with Crippen LogP contribution in [0.1, 0.15) is 180 Å². The number of carbonyl (C=O) groups is 3. The SMILES string of the molecule is CCCCCC/C=C\CCCCCCCCCC(=O)N[C@H]1[C@H](O[C@H]2[C@H](O)[C@@H](NC(C)=O)[C@H](O[C@H]3[C@H](O)[C@@H](NC(C)=O)[C@H](O[Si](C)(C)C(C)(C)C)O[C@@H]3CO[C@@H]3O[C@@H](C)[C@@H](O)[C@@H](O)[C@@H]3OC)O[C@@H]2CO[Si](C)(C)C(C)(C)C)O[C@H](CO[Si](C)(C)C(C)(C)C)[C@@H](O)[C@@H]1O. The van der Waals surface area contributed by atoms with Gasteiger partial charge in [0.15, 0.2) is 50.1 Å². The monoisotopic (exact) mass is 1350 g/mol. The number of rotatable bonds is 34. The predicted octanol–water partition coefficient (Wildman–Crippen LogP) is 7.47. The molecular formula is C65H125N3O20Si3. The summed E-state index contributed by atoms with van der Waals surface area (Å²) < 4.78 is 72.0. The molecule has 9 N–H and O–H groups in total. The standard InChI is InChI=1S/C65H125N3O20Si3/c1-21-22-23-24-25-26-27-28-29-30-31-32-33-34-35-36-46(71)68-47-52(74)51(73)43(38-80-89(15,16)63(5,6)7)83-59(47)87-57-45(39-81-90(17,18)64(8,9)10)84-60(48(53(57)75)66-41(3)69)86-56-44(37-79-62-58(78-14)55(77)50(72)40(2)82-62)85-61(49(54(56)76)67-42(4)70)88-91(19,20)65(11,12)13/h26-27,40,43-45,47-62,72-77H,21-25,28-39H2,1-20H3,(H,66,69)(H,67,70)(H,68,71)/b27-26-/t40-,43+,44+,45+,47+,48+,49+,50+,51+,52+,53+,54+,55+,56+,57+,58-,59-,60-,61-,62+/m0/s1. The van der Waals surface area contributed by atoms with E-state index in [0.717, 1.165) is 51.4 Å². The van der Waals surface area contributed by atoms with E-state index < -0.39 is 172 Å². The van der Waals surface area contributed by atoms with E-state index in [-0.39, 0.29) is 34.7 Å². The summed E-state index contributed by atoms with van der Waals surface area (Å²) in [7, 11) is -6.59. The number of carbonyl (C=O) groups excluding carboxylic acids is 3. The number of hydrogen-bond acceptors (Lipinski definition) is 20. The molecule has 0 aromatic heterocycles. The van der Waals surface area contributed by atoms with Crippen LogP contribution in [0.15, 0.2) is 12.2 Å². The Morgan fingerprint density at radius 1 is 0.473 bits per heavy atom. The minimum Gasteiger partial charge on any atom is -0.414 e. The summed E-state index contributed by atoms with van der Waals surface area (Å²) in [4.78, 5) is 40.5. The molecule has 0 aliphatic carbocycles. The van der Waals surface area contributed by atoms with E-state index in [9.17, 15) is 45.0 Å². The molecular weight excluding hydrogens is 1230 g/mol. The molecule has 0 bridgehead atoms. The van der Waals surface area contributed by atoms with Gasteiger partial charge in [0.25, 0.3) is 0 Å². The maximum Gasteiger partial charge on any atom is 0.220 e. The van der Waals surface area contributed by atoms with Crippen LogP contribution in [0.4, 0.5) is 0 Å². The Labute approximate surface area is 548 Å². The fourth-order valence-corrected chi connectivity index (χ4v) is 13.9. The van der Waals surface area contributed by atoms with Gasteiger partial charge in [-0.2, -0.15) is 0 Å². The number of methoxy groups -OCH3 is 1. The van der Waals surface area contributed by atoms with Gasteiger partial charge < -0.3 is 97.8 Å². The molecule has 4 rings (SSSR count). The van der Waals surface area contributed by atoms with Gasteiger partial charge in [0.05, 0.1) is 25.9 Å². The molecule has 4 aliphatic rings. The van der Waals surface area contributed by atoms with E-state index >= 15 is 0 Å². The third-order valence-corrected chi connectivity index (χ3v) is 33.3. The molecule has 4 saturated heterocycles. The van der Waals surface area contributed by atoms with Crippen LogP contribution in [-0.4, -0.2) is 223 Å². The highest BCUT2D eigenvalue weighted by Crippen LogP contribution is 2.42. The summed E-state index contributed by atoms with van der Waals surface area (Å²) in [5, 5.41) is 79.0. The average Bonchev–Trinajstić information content (AvgIpc) is 0.912. The molecule has 3 amide bonds. The largest absolute Gasteiger partial charge is 0.414 e. The minimum absolute atomic E-state index is 0.119. The van der Waals surface area contributed by atoms with Crippen LogP contribution in [0.2, 0.25) is 54.4 Å². The van der Waals surface area contributed by atoms with Gasteiger partial charge in [0.2, 0.25) is 17.7 Å². The highest BCUT2D eigenvalue weighted by Gasteiger charge is 2.57. The van der Waals surface area contributed by atoms with E-state index in [1.807, 2.05) is 60.1 Å². The first-order valence-corrected chi connectivity index (χ1v) is 42.5. The lowest BCUT2D eigenvalue weighted by Crippen LogP contribution is -2.71. The molecule has 0 radical (unpaired) electrons. The fourth-order valence-electron chi connectivity index (χ4n) is 10.8. The Balaban J connectivity index is 1.73. The van der Waals surface area contributed by atoms with Crippen LogP contribution in [-0.2, 0) is 65.6 Å². The minimum atomic E-state index is -2.76. The first kappa shape index (κ1) is 81.5. The molecule has 4 aliphatic heterocycles. The van der Waals surface area contributed by atoms with Crippen molar-refractivity contribution in [1.82, 2.24) is 16.0 Å². The van der Waals surface area contributed by atoms with Crippen LogP contribution in [0.3, 0.4) is 0 Å². The normalized spacial score (nSPS) is 33.3. The van der Waals surface area contributed by atoms with Gasteiger partial charge in [-0.1, -0.05) is 133 Å². The second kappa shape index (κ2) is 36.1.